The zero-order valence-electron chi connectivity index (χ0n) is 14.3. The molecule has 0 spiro atoms. The van der Waals surface area contributed by atoms with Crippen LogP contribution in [0.4, 0.5) is 11.4 Å². The van der Waals surface area contributed by atoms with Gasteiger partial charge in [-0.1, -0.05) is 11.6 Å². The third-order valence-corrected chi connectivity index (χ3v) is 4.65. The number of aromatic nitrogens is 3. The Morgan fingerprint density at radius 1 is 1.19 bits per heavy atom. The standard InChI is InChI=1S/C19H16ClN5O2/c20-14-7-6-13(12-16(14)24-10-2-5-17(24)26)19(27)23-15-4-1-8-21-18(15)25-11-3-9-22-25/h1,3-4,6-9,11-12H,2,5,10H2,(H,23,27). The number of halogens is 1. The zero-order valence-corrected chi connectivity index (χ0v) is 15.1. The monoisotopic (exact) mass is 381 g/mol. The van der Waals surface area contributed by atoms with Crippen LogP contribution in [0.25, 0.3) is 5.82 Å². The van der Waals surface area contributed by atoms with E-state index in [2.05, 4.69) is 15.4 Å². The summed E-state index contributed by atoms with van der Waals surface area (Å²) in [5.74, 6) is 0.211. The molecular weight excluding hydrogens is 366 g/mol. The highest BCUT2D eigenvalue weighted by Crippen LogP contribution is 2.30. The van der Waals surface area contributed by atoms with Crippen LogP contribution in [0.5, 0.6) is 0 Å². The van der Waals surface area contributed by atoms with Crippen LogP contribution >= 0.6 is 11.6 Å². The first kappa shape index (κ1) is 17.2. The van der Waals surface area contributed by atoms with Crippen LogP contribution in [0.1, 0.15) is 23.2 Å². The van der Waals surface area contributed by atoms with Crippen molar-refractivity contribution >= 4 is 34.8 Å². The predicted molar refractivity (Wildman–Crippen MR) is 102 cm³/mol. The normalized spacial score (nSPS) is 13.8. The molecule has 2 aromatic heterocycles. The van der Waals surface area contributed by atoms with Crippen LogP contribution in [0.2, 0.25) is 5.02 Å². The SMILES string of the molecule is O=C(Nc1cccnc1-n1cccn1)c1ccc(Cl)c(N2CCCC2=O)c1. The lowest BCUT2D eigenvalue weighted by Gasteiger charge is -2.18. The van der Waals surface area contributed by atoms with Gasteiger partial charge >= 0.3 is 0 Å². The van der Waals surface area contributed by atoms with Crippen molar-refractivity contribution in [3.05, 3.63) is 65.6 Å². The molecule has 1 aliphatic heterocycles. The maximum atomic E-state index is 12.8. The summed E-state index contributed by atoms with van der Waals surface area (Å²) >= 11 is 6.25. The molecule has 7 nitrogen and oxygen atoms in total. The molecule has 3 heterocycles. The number of nitrogens with one attached hydrogen (secondary N) is 1. The van der Waals surface area contributed by atoms with E-state index in [0.29, 0.717) is 40.7 Å². The number of amides is 2. The number of rotatable bonds is 4. The Bertz CT molecular complexity index is 1000. The molecular formula is C19H16ClN5O2. The van der Waals surface area contributed by atoms with E-state index in [4.69, 9.17) is 11.6 Å². The second kappa shape index (κ2) is 7.20. The smallest absolute Gasteiger partial charge is 0.255 e. The van der Waals surface area contributed by atoms with Gasteiger partial charge in [0.1, 0.15) is 0 Å². The molecule has 1 fully saturated rings. The van der Waals surface area contributed by atoms with E-state index < -0.39 is 0 Å². The van der Waals surface area contributed by atoms with Crippen LogP contribution in [0, 0.1) is 0 Å². The first-order valence-electron chi connectivity index (χ1n) is 8.50. The molecule has 2 amide bonds. The third-order valence-electron chi connectivity index (χ3n) is 4.33. The molecule has 1 N–H and O–H groups in total. The molecule has 1 aliphatic rings. The minimum atomic E-state index is -0.319. The molecule has 136 valence electrons. The molecule has 0 saturated carbocycles. The van der Waals surface area contributed by atoms with Crippen LogP contribution < -0.4 is 10.2 Å². The van der Waals surface area contributed by atoms with E-state index in [1.165, 1.54) is 0 Å². The van der Waals surface area contributed by atoms with Crippen molar-refractivity contribution in [2.24, 2.45) is 0 Å². The Hall–Kier alpha value is -3.19. The van der Waals surface area contributed by atoms with Gasteiger partial charge < -0.3 is 10.2 Å². The van der Waals surface area contributed by atoms with Gasteiger partial charge in [-0.3, -0.25) is 9.59 Å². The number of pyridine rings is 1. The number of carbonyl (C=O) groups excluding carboxylic acids is 2. The Morgan fingerprint density at radius 3 is 2.81 bits per heavy atom. The summed E-state index contributed by atoms with van der Waals surface area (Å²) < 4.78 is 1.58. The van der Waals surface area contributed by atoms with Gasteiger partial charge in [0.25, 0.3) is 5.91 Å². The van der Waals surface area contributed by atoms with Gasteiger partial charge in [0.2, 0.25) is 5.91 Å². The highest BCUT2D eigenvalue weighted by Gasteiger charge is 2.24. The first-order valence-corrected chi connectivity index (χ1v) is 8.87. The predicted octanol–water partition coefficient (Wildman–Crippen LogP) is 3.30. The summed E-state index contributed by atoms with van der Waals surface area (Å²) in [5, 5.41) is 7.45. The highest BCUT2D eigenvalue weighted by molar-refractivity contribution is 6.34. The van der Waals surface area contributed by atoms with E-state index in [9.17, 15) is 9.59 Å². The molecule has 0 unspecified atom stereocenters. The van der Waals surface area contributed by atoms with Gasteiger partial charge in [0.05, 0.1) is 16.4 Å². The van der Waals surface area contributed by atoms with Gasteiger partial charge in [0.15, 0.2) is 5.82 Å². The molecule has 0 atom stereocenters. The number of hydrogen-bond acceptors (Lipinski definition) is 4. The minimum absolute atomic E-state index is 0.0164. The Balaban J connectivity index is 1.62. The molecule has 1 aromatic carbocycles. The van der Waals surface area contributed by atoms with E-state index in [1.807, 2.05) is 0 Å². The second-order valence-corrected chi connectivity index (χ2v) is 6.50. The molecule has 4 rings (SSSR count). The highest BCUT2D eigenvalue weighted by atomic mass is 35.5. The Labute approximate surface area is 160 Å². The van der Waals surface area contributed by atoms with E-state index in [0.717, 1.165) is 6.42 Å². The lowest BCUT2D eigenvalue weighted by molar-refractivity contribution is -0.117. The van der Waals surface area contributed by atoms with E-state index in [1.54, 1.807) is 64.6 Å². The summed E-state index contributed by atoms with van der Waals surface area (Å²) in [5.41, 5.74) is 1.50. The van der Waals surface area contributed by atoms with Crippen LogP contribution in [-0.2, 0) is 4.79 Å². The van der Waals surface area contributed by atoms with Crippen molar-refractivity contribution < 1.29 is 9.59 Å². The number of carbonyl (C=O) groups is 2. The fourth-order valence-corrected chi connectivity index (χ4v) is 3.25. The molecule has 27 heavy (non-hydrogen) atoms. The molecule has 0 bridgehead atoms. The first-order chi connectivity index (χ1) is 13.1. The van der Waals surface area contributed by atoms with Gasteiger partial charge in [-0.25, -0.2) is 9.67 Å². The van der Waals surface area contributed by atoms with Crippen molar-refractivity contribution in [2.75, 3.05) is 16.8 Å². The van der Waals surface area contributed by atoms with Gasteiger partial charge in [-0.15, -0.1) is 0 Å². The molecule has 0 aliphatic carbocycles. The summed E-state index contributed by atoms with van der Waals surface area (Å²) in [4.78, 5) is 30.7. The third kappa shape index (κ3) is 3.41. The summed E-state index contributed by atoms with van der Waals surface area (Å²) in [6, 6.07) is 10.2. The maximum absolute atomic E-state index is 12.8. The largest absolute Gasteiger partial charge is 0.319 e. The summed E-state index contributed by atoms with van der Waals surface area (Å²) in [7, 11) is 0. The fraction of sp³-hybridized carbons (Fsp3) is 0.158. The average molecular weight is 382 g/mol. The van der Waals surface area contributed by atoms with E-state index in [-0.39, 0.29) is 11.8 Å². The zero-order chi connectivity index (χ0) is 18.8. The van der Waals surface area contributed by atoms with E-state index >= 15 is 0 Å². The van der Waals surface area contributed by atoms with Crippen molar-refractivity contribution in [1.82, 2.24) is 14.8 Å². The average Bonchev–Trinajstić information content (AvgIpc) is 3.34. The summed E-state index contributed by atoms with van der Waals surface area (Å²) in [6.07, 6.45) is 6.30. The molecule has 0 radical (unpaired) electrons. The second-order valence-electron chi connectivity index (χ2n) is 6.09. The van der Waals surface area contributed by atoms with Gasteiger partial charge in [0, 0.05) is 37.1 Å². The fourth-order valence-electron chi connectivity index (χ4n) is 3.03. The molecule has 8 heteroatoms. The van der Waals surface area contributed by atoms with Crippen molar-refractivity contribution in [3.63, 3.8) is 0 Å². The van der Waals surface area contributed by atoms with Crippen molar-refractivity contribution in [3.8, 4) is 5.82 Å². The summed E-state index contributed by atoms with van der Waals surface area (Å²) in [6.45, 7) is 0.607. The van der Waals surface area contributed by atoms with Crippen molar-refractivity contribution in [2.45, 2.75) is 12.8 Å². The quantitative estimate of drug-likeness (QED) is 0.751. The Kier molecular flexibility index (Phi) is 4.60. The van der Waals surface area contributed by atoms with Crippen molar-refractivity contribution in [1.29, 1.82) is 0 Å². The maximum Gasteiger partial charge on any atom is 0.255 e. The van der Waals surface area contributed by atoms with Crippen LogP contribution in [-0.4, -0.2) is 33.1 Å². The lowest BCUT2D eigenvalue weighted by Crippen LogP contribution is -2.24. The number of benzene rings is 1. The van der Waals surface area contributed by atoms with Crippen LogP contribution in [0.15, 0.2) is 55.0 Å². The number of hydrogen-bond donors (Lipinski definition) is 1. The Morgan fingerprint density at radius 2 is 2.07 bits per heavy atom. The number of anilines is 2. The number of nitrogens with zero attached hydrogens (tertiary/aromatic N) is 4. The minimum Gasteiger partial charge on any atom is -0.319 e. The molecule has 1 saturated heterocycles. The van der Waals surface area contributed by atoms with Gasteiger partial charge in [-0.2, -0.15) is 5.10 Å². The topological polar surface area (TPSA) is 80.1 Å². The lowest BCUT2D eigenvalue weighted by atomic mass is 10.1. The molecule has 3 aromatic rings. The van der Waals surface area contributed by atoms with Crippen LogP contribution in [0.3, 0.4) is 0 Å². The van der Waals surface area contributed by atoms with Gasteiger partial charge in [-0.05, 0) is 42.8 Å².